The maximum atomic E-state index is 13.0. The van der Waals surface area contributed by atoms with Gasteiger partial charge in [-0.2, -0.15) is 0 Å². The number of halogens is 1. The SMILES string of the molecule is CC1=C(CCC(=O)N2CCC3(CC2)CN(N)C(NC(=O)C2=NC(Cl)=C(N=NN)NC2N=NN)N3)SCN1. The molecule has 202 valence electrons. The lowest BCUT2D eigenvalue weighted by Crippen LogP contribution is -2.59. The Kier molecular flexibility index (Phi) is 8.48. The van der Waals surface area contributed by atoms with E-state index in [1.165, 1.54) is 9.91 Å². The van der Waals surface area contributed by atoms with Crippen LogP contribution in [0.4, 0.5) is 0 Å². The number of likely N-dealkylation sites (tertiary alicyclic amines) is 1. The van der Waals surface area contributed by atoms with Crippen LogP contribution in [-0.4, -0.2) is 70.9 Å². The summed E-state index contributed by atoms with van der Waals surface area (Å²) in [5, 5.41) is 27.3. The van der Waals surface area contributed by atoms with E-state index in [9.17, 15) is 9.59 Å². The van der Waals surface area contributed by atoms with E-state index >= 15 is 0 Å². The van der Waals surface area contributed by atoms with E-state index in [0.29, 0.717) is 38.9 Å². The van der Waals surface area contributed by atoms with Gasteiger partial charge in [0.1, 0.15) is 6.29 Å². The van der Waals surface area contributed by atoms with Crippen molar-refractivity contribution in [3.8, 4) is 0 Å². The number of carbonyl (C=O) groups excluding carboxylic acids is 2. The molecule has 16 nitrogen and oxygen atoms in total. The number of hydrogen-bond donors (Lipinski definition) is 7. The molecule has 18 heteroatoms. The Morgan fingerprint density at radius 3 is 2.70 bits per heavy atom. The maximum Gasteiger partial charge on any atom is 0.272 e. The van der Waals surface area contributed by atoms with E-state index in [-0.39, 0.29) is 28.1 Å². The zero-order valence-corrected chi connectivity index (χ0v) is 21.8. The number of hydrogen-bond acceptors (Lipinski definition) is 13. The minimum atomic E-state index is -1.05. The highest BCUT2D eigenvalue weighted by Gasteiger charge is 2.46. The first-order chi connectivity index (χ1) is 17.7. The molecule has 2 atom stereocenters. The van der Waals surface area contributed by atoms with Crippen LogP contribution < -0.4 is 38.8 Å². The van der Waals surface area contributed by atoms with Crippen LogP contribution in [0.25, 0.3) is 0 Å². The number of amides is 2. The van der Waals surface area contributed by atoms with Gasteiger partial charge in [-0.1, -0.05) is 22.0 Å². The van der Waals surface area contributed by atoms with Crippen molar-refractivity contribution < 1.29 is 9.59 Å². The average Bonchev–Trinajstić information content (AvgIpc) is 3.41. The topological polar surface area (TPSA) is 229 Å². The van der Waals surface area contributed by atoms with Gasteiger partial charge in [-0.05, 0) is 26.2 Å². The number of nitrogens with zero attached hydrogens (tertiary/aromatic N) is 7. The highest BCUT2D eigenvalue weighted by Crippen LogP contribution is 2.31. The van der Waals surface area contributed by atoms with Crippen LogP contribution in [0.15, 0.2) is 47.2 Å². The molecule has 0 radical (unpaired) electrons. The molecular weight excluding hydrogens is 524 g/mol. The Labute approximate surface area is 222 Å². The summed E-state index contributed by atoms with van der Waals surface area (Å²) in [4.78, 5) is 33.0. The highest BCUT2D eigenvalue weighted by molar-refractivity contribution is 8.03. The first-order valence-electron chi connectivity index (χ1n) is 11.7. The molecule has 1 spiro atoms. The Balaban J connectivity index is 1.33. The zero-order valence-electron chi connectivity index (χ0n) is 20.3. The Morgan fingerprint density at radius 2 is 2.05 bits per heavy atom. The fraction of sp³-hybridized carbons (Fsp3) is 0.632. The van der Waals surface area contributed by atoms with Gasteiger partial charge in [0.05, 0.1) is 5.88 Å². The molecule has 2 unspecified atom stereocenters. The van der Waals surface area contributed by atoms with Crippen molar-refractivity contribution in [3.05, 3.63) is 21.6 Å². The highest BCUT2D eigenvalue weighted by atomic mass is 35.5. The van der Waals surface area contributed by atoms with Crippen LogP contribution in [0.5, 0.6) is 0 Å². The smallest absolute Gasteiger partial charge is 0.272 e. The summed E-state index contributed by atoms with van der Waals surface area (Å²) < 4.78 is 0. The number of nitrogens with one attached hydrogen (secondary N) is 4. The van der Waals surface area contributed by atoms with Crippen LogP contribution in [-0.2, 0) is 9.59 Å². The number of hydrazine groups is 1. The minimum absolute atomic E-state index is 0.0170. The maximum absolute atomic E-state index is 13.0. The van der Waals surface area contributed by atoms with E-state index < -0.39 is 18.4 Å². The second kappa shape index (κ2) is 11.6. The van der Waals surface area contributed by atoms with Gasteiger partial charge in [-0.3, -0.25) is 20.7 Å². The van der Waals surface area contributed by atoms with E-state index in [0.717, 1.165) is 18.0 Å². The molecule has 0 saturated carbocycles. The third-order valence-electron chi connectivity index (χ3n) is 6.69. The minimum Gasteiger partial charge on any atom is -0.379 e. The zero-order chi connectivity index (χ0) is 26.6. The first-order valence-corrected chi connectivity index (χ1v) is 13.0. The first kappa shape index (κ1) is 27.1. The molecular formula is C19H31ClN14O2S. The van der Waals surface area contributed by atoms with Gasteiger partial charge >= 0.3 is 0 Å². The third-order valence-corrected chi connectivity index (χ3v) is 8.10. The molecule has 4 heterocycles. The van der Waals surface area contributed by atoms with Crippen molar-refractivity contribution in [3.63, 3.8) is 0 Å². The molecule has 10 N–H and O–H groups in total. The molecule has 37 heavy (non-hydrogen) atoms. The molecule has 2 fully saturated rings. The van der Waals surface area contributed by atoms with Crippen molar-refractivity contribution in [2.45, 2.75) is 50.6 Å². The quantitative estimate of drug-likeness (QED) is 0.0897. The summed E-state index contributed by atoms with van der Waals surface area (Å²) in [6.07, 6.45) is 0.916. The van der Waals surface area contributed by atoms with Crippen molar-refractivity contribution in [2.24, 2.45) is 43.2 Å². The fourth-order valence-electron chi connectivity index (χ4n) is 4.67. The van der Waals surface area contributed by atoms with E-state index in [4.69, 9.17) is 29.1 Å². The van der Waals surface area contributed by atoms with Crippen LogP contribution in [0.1, 0.15) is 32.6 Å². The number of nitrogens with two attached hydrogens (primary N) is 3. The molecule has 0 aromatic rings. The van der Waals surface area contributed by atoms with Gasteiger partial charge in [-0.15, -0.1) is 22.0 Å². The molecule has 4 rings (SSSR count). The van der Waals surface area contributed by atoms with Crippen molar-refractivity contribution >= 4 is 40.9 Å². The van der Waals surface area contributed by atoms with Crippen LogP contribution >= 0.6 is 23.4 Å². The van der Waals surface area contributed by atoms with Crippen molar-refractivity contribution in [1.82, 2.24) is 31.2 Å². The predicted octanol–water partition coefficient (Wildman–Crippen LogP) is -0.781. The van der Waals surface area contributed by atoms with Crippen molar-refractivity contribution in [2.75, 3.05) is 25.5 Å². The van der Waals surface area contributed by atoms with Crippen LogP contribution in [0.2, 0.25) is 0 Å². The Bertz CT molecular complexity index is 1070. The number of allylic oxidation sites excluding steroid dienone is 2. The summed E-state index contributed by atoms with van der Waals surface area (Å²) in [5.41, 5.74) is 0.727. The third kappa shape index (κ3) is 6.12. The summed E-state index contributed by atoms with van der Waals surface area (Å²) in [6.45, 7) is 3.75. The summed E-state index contributed by atoms with van der Waals surface area (Å²) in [6, 6.07) is 0. The van der Waals surface area contributed by atoms with E-state index in [2.05, 4.69) is 46.9 Å². The largest absolute Gasteiger partial charge is 0.379 e. The van der Waals surface area contributed by atoms with Gasteiger partial charge in [0.2, 0.25) is 5.91 Å². The second-order valence-electron chi connectivity index (χ2n) is 9.00. The predicted molar refractivity (Wildman–Crippen MR) is 137 cm³/mol. The molecule has 0 aromatic heterocycles. The van der Waals surface area contributed by atoms with Gasteiger partial charge in [0.25, 0.3) is 5.91 Å². The second-order valence-corrected chi connectivity index (χ2v) is 10.4. The summed E-state index contributed by atoms with van der Waals surface area (Å²) >= 11 is 7.84. The van der Waals surface area contributed by atoms with Gasteiger partial charge in [0, 0.05) is 42.2 Å². The summed E-state index contributed by atoms with van der Waals surface area (Å²) in [5.74, 6) is 16.9. The standard InChI is InChI=1S/C19H31ClN14O2S/c1-10-11(37-9-24-10)2-3-12(35)33-6-4-19(5-7-33)8-34(23)18(28-19)27-17(36)13-15(29-31-21)26-16(30-32-22)14(20)25-13/h15,18,24,26,28H,2-9,23H2,1H3,(H2,21,29)(H2,22,30)(H,27,36). The van der Waals surface area contributed by atoms with E-state index in [1.54, 1.807) is 11.8 Å². The van der Waals surface area contributed by atoms with Crippen LogP contribution in [0.3, 0.4) is 0 Å². The lowest BCUT2D eigenvalue weighted by Gasteiger charge is -2.39. The number of aliphatic imine (C=N–C) groups is 1. The fourth-order valence-corrected chi connectivity index (χ4v) is 5.85. The number of piperidine rings is 1. The molecule has 4 aliphatic heterocycles. The van der Waals surface area contributed by atoms with Crippen molar-refractivity contribution in [1.29, 1.82) is 0 Å². The van der Waals surface area contributed by atoms with Gasteiger partial charge in [-0.25, -0.2) is 10.0 Å². The Morgan fingerprint density at radius 1 is 1.30 bits per heavy atom. The van der Waals surface area contributed by atoms with E-state index in [1.807, 2.05) is 11.8 Å². The lowest BCUT2D eigenvalue weighted by atomic mass is 9.88. The van der Waals surface area contributed by atoms with Gasteiger partial charge < -0.3 is 32.5 Å². The summed E-state index contributed by atoms with van der Waals surface area (Å²) in [7, 11) is 0. The molecule has 4 aliphatic rings. The molecule has 0 aliphatic carbocycles. The number of thioether (sulfide) groups is 1. The Hall–Kier alpha value is -2.99. The number of carbonyl (C=O) groups is 2. The van der Waals surface area contributed by atoms with Gasteiger partial charge in [0.15, 0.2) is 22.9 Å². The monoisotopic (exact) mass is 554 g/mol. The molecule has 2 saturated heterocycles. The number of rotatable bonds is 7. The molecule has 2 amide bonds. The lowest BCUT2D eigenvalue weighted by molar-refractivity contribution is -0.132. The molecule has 0 bridgehead atoms. The molecule has 0 aromatic carbocycles. The average molecular weight is 555 g/mol. The normalized spacial score (nSPS) is 26.2. The van der Waals surface area contributed by atoms with Crippen LogP contribution in [0, 0.1) is 0 Å².